The van der Waals surface area contributed by atoms with E-state index in [2.05, 4.69) is 10.2 Å². The molecule has 5 nitrogen and oxygen atoms in total. The topological polar surface area (TPSA) is 69.2 Å². The van der Waals surface area contributed by atoms with Crippen molar-refractivity contribution in [2.75, 3.05) is 7.11 Å². The van der Waals surface area contributed by atoms with Gasteiger partial charge in [-0.05, 0) is 47.5 Å². The molecule has 0 fully saturated rings. The molecule has 0 saturated carbocycles. The Morgan fingerprint density at radius 2 is 1.87 bits per heavy atom. The third-order valence-corrected chi connectivity index (χ3v) is 5.32. The standard InChI is InChI=1S/C23H21ClFN3O2S/c1-29-21-9-7-17(11-18(21)14-30-22-10-8-19(25)12-20(22)24)13-27-28-23(26)31-15-16-5-3-2-4-6-16/h2-13H,14-15H2,1H3,(H2,26,28). The third-order valence-electron chi connectivity index (χ3n) is 4.17. The monoisotopic (exact) mass is 457 g/mol. The molecule has 160 valence electrons. The van der Waals surface area contributed by atoms with Gasteiger partial charge in [-0.15, -0.1) is 5.10 Å². The zero-order valence-corrected chi connectivity index (χ0v) is 18.4. The second-order valence-electron chi connectivity index (χ2n) is 6.39. The lowest BCUT2D eigenvalue weighted by atomic mass is 10.1. The lowest BCUT2D eigenvalue weighted by Gasteiger charge is -2.12. The molecule has 0 aliphatic rings. The molecule has 2 N–H and O–H groups in total. The van der Waals surface area contributed by atoms with Crippen LogP contribution in [-0.4, -0.2) is 18.5 Å². The van der Waals surface area contributed by atoms with Gasteiger partial charge in [0, 0.05) is 11.3 Å². The summed E-state index contributed by atoms with van der Waals surface area (Å²) in [5.41, 5.74) is 8.66. The molecule has 3 aromatic rings. The Labute approximate surface area is 189 Å². The Hall–Kier alpha value is -3.03. The fraction of sp³-hybridized carbons (Fsp3) is 0.130. The number of hydrogen-bond donors (Lipinski definition) is 1. The number of hydrogen-bond acceptors (Lipinski definition) is 5. The van der Waals surface area contributed by atoms with E-state index in [1.54, 1.807) is 13.3 Å². The molecular formula is C23H21ClFN3O2S. The fourth-order valence-corrected chi connectivity index (χ4v) is 3.49. The van der Waals surface area contributed by atoms with Crippen molar-refractivity contribution in [2.45, 2.75) is 12.4 Å². The van der Waals surface area contributed by atoms with Crippen molar-refractivity contribution in [3.63, 3.8) is 0 Å². The van der Waals surface area contributed by atoms with Crippen molar-refractivity contribution < 1.29 is 13.9 Å². The summed E-state index contributed by atoms with van der Waals surface area (Å²) in [5.74, 6) is 1.34. The number of halogens is 2. The molecule has 0 aliphatic heterocycles. The van der Waals surface area contributed by atoms with Gasteiger partial charge in [-0.3, -0.25) is 0 Å². The quantitative estimate of drug-likeness (QED) is 0.269. The first-order valence-electron chi connectivity index (χ1n) is 9.33. The van der Waals surface area contributed by atoms with E-state index in [0.29, 0.717) is 16.7 Å². The van der Waals surface area contributed by atoms with Crippen LogP contribution in [0.5, 0.6) is 11.5 Å². The Bertz CT molecular complexity index is 1080. The summed E-state index contributed by atoms with van der Waals surface area (Å²) in [6.45, 7) is 0.189. The number of benzene rings is 3. The summed E-state index contributed by atoms with van der Waals surface area (Å²) in [6.07, 6.45) is 1.60. The van der Waals surface area contributed by atoms with Gasteiger partial charge < -0.3 is 15.2 Å². The van der Waals surface area contributed by atoms with Gasteiger partial charge in [-0.25, -0.2) is 4.39 Å². The van der Waals surface area contributed by atoms with Crippen LogP contribution in [-0.2, 0) is 12.4 Å². The highest BCUT2D eigenvalue weighted by atomic mass is 35.5. The number of amidine groups is 1. The maximum absolute atomic E-state index is 13.2. The Morgan fingerprint density at radius 1 is 1.10 bits per heavy atom. The summed E-state index contributed by atoms with van der Waals surface area (Å²) >= 11 is 7.43. The largest absolute Gasteiger partial charge is 0.496 e. The van der Waals surface area contributed by atoms with Crippen molar-refractivity contribution in [3.8, 4) is 11.5 Å². The third kappa shape index (κ3) is 7.01. The van der Waals surface area contributed by atoms with E-state index < -0.39 is 5.82 Å². The number of rotatable bonds is 8. The maximum atomic E-state index is 13.2. The molecule has 0 bridgehead atoms. The Balaban J connectivity index is 1.63. The molecule has 3 aromatic carbocycles. The lowest BCUT2D eigenvalue weighted by Crippen LogP contribution is -2.06. The van der Waals surface area contributed by atoms with E-state index in [9.17, 15) is 4.39 Å². The van der Waals surface area contributed by atoms with Gasteiger partial charge in [0.1, 0.15) is 23.9 Å². The lowest BCUT2D eigenvalue weighted by molar-refractivity contribution is 0.296. The van der Waals surface area contributed by atoms with E-state index in [1.807, 2.05) is 48.5 Å². The second-order valence-corrected chi connectivity index (χ2v) is 7.79. The predicted octanol–water partition coefficient (Wildman–Crippen LogP) is 5.65. The summed E-state index contributed by atoms with van der Waals surface area (Å²) in [4.78, 5) is 0. The summed E-state index contributed by atoms with van der Waals surface area (Å²) in [7, 11) is 1.58. The molecule has 3 rings (SSSR count). The zero-order valence-electron chi connectivity index (χ0n) is 16.8. The summed E-state index contributed by atoms with van der Waals surface area (Å²) in [5, 5.41) is 8.68. The molecule has 0 radical (unpaired) electrons. The van der Waals surface area contributed by atoms with Crippen molar-refractivity contribution in [1.29, 1.82) is 0 Å². The normalized spacial score (nSPS) is 11.6. The summed E-state index contributed by atoms with van der Waals surface area (Å²) in [6, 6.07) is 19.5. The van der Waals surface area contributed by atoms with Gasteiger partial charge in [0.25, 0.3) is 0 Å². The number of methoxy groups -OCH3 is 1. The van der Waals surface area contributed by atoms with Crippen LogP contribution in [0.3, 0.4) is 0 Å². The smallest absolute Gasteiger partial charge is 0.180 e. The molecule has 0 aliphatic carbocycles. The fourth-order valence-electron chi connectivity index (χ4n) is 2.65. The predicted molar refractivity (Wildman–Crippen MR) is 126 cm³/mol. The Kier molecular flexibility index (Phi) is 8.32. The van der Waals surface area contributed by atoms with Crippen molar-refractivity contribution in [2.24, 2.45) is 15.9 Å². The molecular weight excluding hydrogens is 437 g/mol. The van der Waals surface area contributed by atoms with Crippen LogP contribution in [0.1, 0.15) is 16.7 Å². The highest BCUT2D eigenvalue weighted by Gasteiger charge is 2.08. The minimum absolute atomic E-state index is 0.189. The average Bonchev–Trinajstić information content (AvgIpc) is 2.78. The first kappa shape index (κ1) is 22.7. The number of nitrogens with two attached hydrogens (primary N) is 1. The van der Waals surface area contributed by atoms with Crippen LogP contribution < -0.4 is 15.2 Å². The highest BCUT2D eigenvalue weighted by molar-refractivity contribution is 8.13. The Morgan fingerprint density at radius 3 is 2.61 bits per heavy atom. The molecule has 31 heavy (non-hydrogen) atoms. The van der Waals surface area contributed by atoms with Crippen LogP contribution in [0, 0.1) is 5.82 Å². The van der Waals surface area contributed by atoms with Crippen molar-refractivity contribution >= 4 is 34.7 Å². The van der Waals surface area contributed by atoms with Crippen LogP contribution in [0.15, 0.2) is 76.9 Å². The average molecular weight is 458 g/mol. The molecule has 0 atom stereocenters. The van der Waals surface area contributed by atoms with Crippen molar-refractivity contribution in [3.05, 3.63) is 94.3 Å². The van der Waals surface area contributed by atoms with Crippen LogP contribution in [0.25, 0.3) is 0 Å². The van der Waals surface area contributed by atoms with Crippen molar-refractivity contribution in [1.82, 2.24) is 0 Å². The van der Waals surface area contributed by atoms with E-state index >= 15 is 0 Å². The van der Waals surface area contributed by atoms with Gasteiger partial charge in [-0.1, -0.05) is 53.7 Å². The van der Waals surface area contributed by atoms with E-state index in [0.717, 1.165) is 22.4 Å². The van der Waals surface area contributed by atoms with Gasteiger partial charge in [0.15, 0.2) is 5.17 Å². The van der Waals surface area contributed by atoms with Gasteiger partial charge >= 0.3 is 0 Å². The number of ether oxygens (including phenoxy) is 2. The molecule has 8 heteroatoms. The molecule has 0 spiro atoms. The van der Waals surface area contributed by atoms with Crippen LogP contribution in [0.2, 0.25) is 5.02 Å². The SMILES string of the molecule is COc1ccc(C=NN=C(N)SCc2ccccc2)cc1COc1ccc(F)cc1Cl. The first-order chi connectivity index (χ1) is 15.0. The summed E-state index contributed by atoms with van der Waals surface area (Å²) < 4.78 is 24.3. The van der Waals surface area contributed by atoms with Gasteiger partial charge in [-0.2, -0.15) is 5.10 Å². The molecule has 0 unspecified atom stereocenters. The molecule has 0 amide bonds. The van der Waals surface area contributed by atoms with E-state index in [4.69, 9.17) is 26.8 Å². The minimum Gasteiger partial charge on any atom is -0.496 e. The van der Waals surface area contributed by atoms with Crippen LogP contribution in [0.4, 0.5) is 4.39 Å². The molecule has 0 heterocycles. The van der Waals surface area contributed by atoms with Gasteiger partial charge in [0.05, 0.1) is 18.3 Å². The molecule has 0 aromatic heterocycles. The van der Waals surface area contributed by atoms with E-state index in [1.165, 1.54) is 30.0 Å². The number of thioether (sulfide) groups is 1. The highest BCUT2D eigenvalue weighted by Crippen LogP contribution is 2.27. The maximum Gasteiger partial charge on any atom is 0.180 e. The van der Waals surface area contributed by atoms with Crippen LogP contribution >= 0.6 is 23.4 Å². The second kappa shape index (κ2) is 11.4. The molecule has 0 saturated heterocycles. The zero-order chi connectivity index (χ0) is 22.1. The van der Waals surface area contributed by atoms with E-state index in [-0.39, 0.29) is 11.6 Å². The number of nitrogens with zero attached hydrogens (tertiary/aromatic N) is 2. The van der Waals surface area contributed by atoms with Gasteiger partial charge in [0.2, 0.25) is 0 Å². The first-order valence-corrected chi connectivity index (χ1v) is 10.7. The minimum atomic E-state index is -0.421.